The molecule has 0 bridgehead atoms. The van der Waals surface area contributed by atoms with Gasteiger partial charge >= 0.3 is 0 Å². The minimum absolute atomic E-state index is 0.248. The van der Waals surface area contributed by atoms with Crippen molar-refractivity contribution in [2.45, 2.75) is 51.9 Å². The first-order valence-electron chi connectivity index (χ1n) is 11.0. The van der Waals surface area contributed by atoms with Crippen LogP contribution in [0, 0.1) is 0 Å². The Morgan fingerprint density at radius 3 is 2.50 bits per heavy atom. The van der Waals surface area contributed by atoms with Gasteiger partial charge in [-0.25, -0.2) is 0 Å². The van der Waals surface area contributed by atoms with Crippen molar-refractivity contribution in [2.24, 2.45) is 0 Å². The van der Waals surface area contributed by atoms with Crippen molar-refractivity contribution in [3.05, 3.63) is 59.4 Å². The van der Waals surface area contributed by atoms with Gasteiger partial charge in [0.25, 0.3) is 5.91 Å². The number of pyridine rings is 1. The standard InChI is InChI=1S/C24H32N4OS/c1-2-3-4-7-19-8-11-22(12-9-19)26-24(30)27-23(29)20-10-13-21(25-18-20)14-17-28-15-5-6-16-28/h8-13,18H,2-7,14-17H2,1H3,(H2,26,27,29,30). The first-order valence-corrected chi connectivity index (χ1v) is 11.4. The molecule has 0 aliphatic carbocycles. The van der Waals surface area contributed by atoms with Gasteiger partial charge in [0.2, 0.25) is 0 Å². The Labute approximate surface area is 185 Å². The molecule has 0 atom stereocenters. The highest BCUT2D eigenvalue weighted by Gasteiger charge is 2.12. The number of rotatable bonds is 9. The van der Waals surface area contributed by atoms with Gasteiger partial charge in [-0.3, -0.25) is 15.1 Å². The number of carbonyl (C=O) groups excluding carboxylic acids is 1. The fourth-order valence-electron chi connectivity index (χ4n) is 3.66. The van der Waals surface area contributed by atoms with E-state index in [4.69, 9.17) is 12.2 Å². The van der Waals surface area contributed by atoms with E-state index in [0.717, 1.165) is 30.8 Å². The van der Waals surface area contributed by atoms with Crippen molar-refractivity contribution in [1.82, 2.24) is 15.2 Å². The van der Waals surface area contributed by atoms with Crippen LogP contribution in [0.1, 0.15) is 60.6 Å². The highest BCUT2D eigenvalue weighted by Crippen LogP contribution is 2.13. The number of likely N-dealkylation sites (tertiary alicyclic amines) is 1. The molecule has 1 saturated heterocycles. The summed E-state index contributed by atoms with van der Waals surface area (Å²) in [5.74, 6) is -0.248. The quantitative estimate of drug-likeness (QED) is 0.456. The number of thiocarbonyl (C=S) groups is 1. The Balaban J connectivity index is 1.43. The van der Waals surface area contributed by atoms with E-state index in [1.54, 1.807) is 6.20 Å². The molecule has 2 N–H and O–H groups in total. The molecule has 0 unspecified atom stereocenters. The molecule has 6 heteroatoms. The van der Waals surface area contributed by atoms with Crippen molar-refractivity contribution in [3.8, 4) is 0 Å². The third-order valence-corrected chi connectivity index (χ3v) is 5.68. The zero-order valence-corrected chi connectivity index (χ0v) is 18.6. The number of anilines is 1. The summed E-state index contributed by atoms with van der Waals surface area (Å²) in [6.07, 6.45) is 9.92. The highest BCUT2D eigenvalue weighted by atomic mass is 32.1. The molecule has 2 aromatic rings. The lowest BCUT2D eigenvalue weighted by molar-refractivity contribution is 0.0977. The number of benzene rings is 1. The van der Waals surface area contributed by atoms with Crippen LogP contribution in [0.3, 0.4) is 0 Å². The van der Waals surface area contributed by atoms with Crippen molar-refractivity contribution < 1.29 is 4.79 Å². The maximum absolute atomic E-state index is 12.4. The van der Waals surface area contributed by atoms with E-state index in [0.29, 0.717) is 5.56 Å². The summed E-state index contributed by atoms with van der Waals surface area (Å²) >= 11 is 5.29. The predicted molar refractivity (Wildman–Crippen MR) is 127 cm³/mol. The van der Waals surface area contributed by atoms with E-state index in [1.807, 2.05) is 24.3 Å². The third kappa shape index (κ3) is 7.18. The van der Waals surface area contributed by atoms with Gasteiger partial charge in [-0.15, -0.1) is 0 Å². The van der Waals surface area contributed by atoms with Crippen LogP contribution in [-0.4, -0.2) is 40.5 Å². The number of hydrogen-bond acceptors (Lipinski definition) is 4. The maximum atomic E-state index is 12.4. The third-order valence-electron chi connectivity index (χ3n) is 5.48. The fourth-order valence-corrected chi connectivity index (χ4v) is 3.87. The summed E-state index contributed by atoms with van der Waals surface area (Å²) in [4.78, 5) is 19.3. The summed E-state index contributed by atoms with van der Waals surface area (Å²) in [6.45, 7) is 5.62. The zero-order chi connectivity index (χ0) is 21.2. The van der Waals surface area contributed by atoms with Crippen LogP contribution in [-0.2, 0) is 12.8 Å². The zero-order valence-electron chi connectivity index (χ0n) is 17.8. The van der Waals surface area contributed by atoms with Gasteiger partial charge < -0.3 is 10.2 Å². The second-order valence-corrected chi connectivity index (χ2v) is 8.31. The normalized spacial score (nSPS) is 13.9. The van der Waals surface area contributed by atoms with Crippen LogP contribution < -0.4 is 10.6 Å². The average molecular weight is 425 g/mol. The monoisotopic (exact) mass is 424 g/mol. The Bertz CT molecular complexity index is 814. The van der Waals surface area contributed by atoms with Gasteiger partial charge in [0.05, 0.1) is 5.56 Å². The molecule has 1 aromatic heterocycles. The van der Waals surface area contributed by atoms with Crippen LogP contribution in [0.2, 0.25) is 0 Å². The number of nitrogens with zero attached hydrogens (tertiary/aromatic N) is 2. The van der Waals surface area contributed by atoms with E-state index in [-0.39, 0.29) is 11.0 Å². The first-order chi connectivity index (χ1) is 14.6. The number of nitrogens with one attached hydrogen (secondary N) is 2. The SMILES string of the molecule is CCCCCc1ccc(NC(=S)NC(=O)c2ccc(CCN3CCCC3)nc2)cc1. The van der Waals surface area contributed by atoms with Gasteiger partial charge in [-0.2, -0.15) is 0 Å². The number of unbranched alkanes of at least 4 members (excludes halogenated alkanes) is 2. The highest BCUT2D eigenvalue weighted by molar-refractivity contribution is 7.80. The molecule has 1 aliphatic rings. The number of aromatic nitrogens is 1. The van der Waals surface area contributed by atoms with Crippen LogP contribution >= 0.6 is 12.2 Å². The van der Waals surface area contributed by atoms with Crippen molar-refractivity contribution in [2.75, 3.05) is 25.0 Å². The molecule has 0 saturated carbocycles. The van der Waals surface area contributed by atoms with E-state index >= 15 is 0 Å². The largest absolute Gasteiger partial charge is 0.332 e. The van der Waals surface area contributed by atoms with Gasteiger partial charge in [0.1, 0.15) is 0 Å². The lowest BCUT2D eigenvalue weighted by Crippen LogP contribution is -2.34. The van der Waals surface area contributed by atoms with Crippen molar-refractivity contribution in [3.63, 3.8) is 0 Å². The topological polar surface area (TPSA) is 57.3 Å². The molecule has 1 aliphatic heterocycles. The second kappa shape index (κ2) is 11.8. The summed E-state index contributed by atoms with van der Waals surface area (Å²) in [6, 6.07) is 11.9. The summed E-state index contributed by atoms with van der Waals surface area (Å²) in [5.41, 5.74) is 3.71. The first kappa shape index (κ1) is 22.4. The summed E-state index contributed by atoms with van der Waals surface area (Å²) < 4.78 is 0. The Kier molecular flexibility index (Phi) is 8.78. The number of carbonyl (C=O) groups is 1. The maximum Gasteiger partial charge on any atom is 0.258 e. The number of amides is 1. The second-order valence-electron chi connectivity index (χ2n) is 7.90. The van der Waals surface area contributed by atoms with Crippen LogP contribution in [0.5, 0.6) is 0 Å². The van der Waals surface area contributed by atoms with Crippen molar-refractivity contribution >= 4 is 28.9 Å². The predicted octanol–water partition coefficient (Wildman–Crippen LogP) is 4.58. The van der Waals surface area contributed by atoms with Gasteiger partial charge in [0.15, 0.2) is 5.11 Å². The van der Waals surface area contributed by atoms with E-state index in [9.17, 15) is 4.79 Å². The van der Waals surface area contributed by atoms with E-state index in [1.165, 1.54) is 50.8 Å². The molecule has 160 valence electrons. The Hall–Kier alpha value is -2.31. The average Bonchev–Trinajstić information content (AvgIpc) is 3.28. The molecule has 1 aromatic carbocycles. The molecule has 3 rings (SSSR count). The van der Waals surface area contributed by atoms with Crippen LogP contribution in [0.15, 0.2) is 42.6 Å². The van der Waals surface area contributed by atoms with E-state index < -0.39 is 0 Å². The molecular formula is C24H32N4OS. The molecule has 30 heavy (non-hydrogen) atoms. The molecule has 0 radical (unpaired) electrons. The lowest BCUT2D eigenvalue weighted by atomic mass is 10.1. The van der Waals surface area contributed by atoms with Crippen LogP contribution in [0.4, 0.5) is 5.69 Å². The van der Waals surface area contributed by atoms with Crippen LogP contribution in [0.25, 0.3) is 0 Å². The Morgan fingerprint density at radius 1 is 1.07 bits per heavy atom. The molecule has 5 nitrogen and oxygen atoms in total. The number of hydrogen-bond donors (Lipinski definition) is 2. The lowest BCUT2D eigenvalue weighted by Gasteiger charge is -2.14. The minimum atomic E-state index is -0.248. The summed E-state index contributed by atoms with van der Waals surface area (Å²) in [7, 11) is 0. The molecule has 1 amide bonds. The fraction of sp³-hybridized carbons (Fsp3) is 0.458. The van der Waals surface area contributed by atoms with Gasteiger partial charge in [-0.05, 0) is 80.8 Å². The minimum Gasteiger partial charge on any atom is -0.332 e. The number of aryl methyl sites for hydroxylation is 1. The molecular weight excluding hydrogens is 392 g/mol. The molecule has 2 heterocycles. The molecule has 0 spiro atoms. The smallest absolute Gasteiger partial charge is 0.258 e. The van der Waals surface area contributed by atoms with Crippen molar-refractivity contribution in [1.29, 1.82) is 0 Å². The molecule has 1 fully saturated rings. The van der Waals surface area contributed by atoms with Gasteiger partial charge in [0, 0.05) is 30.5 Å². The van der Waals surface area contributed by atoms with E-state index in [2.05, 4.69) is 39.6 Å². The summed E-state index contributed by atoms with van der Waals surface area (Å²) in [5, 5.41) is 6.09. The van der Waals surface area contributed by atoms with Gasteiger partial charge in [-0.1, -0.05) is 31.9 Å². The Morgan fingerprint density at radius 2 is 1.83 bits per heavy atom.